The van der Waals surface area contributed by atoms with Crippen molar-refractivity contribution in [1.29, 1.82) is 0 Å². The first-order valence-electron chi connectivity index (χ1n) is 9.52. The fourth-order valence-corrected chi connectivity index (χ4v) is 3.77. The van der Waals surface area contributed by atoms with Crippen LogP contribution in [0, 0.1) is 0 Å². The lowest BCUT2D eigenvalue weighted by molar-refractivity contribution is -0.115. The highest BCUT2D eigenvalue weighted by Gasteiger charge is 2.19. The zero-order chi connectivity index (χ0) is 20.6. The molecule has 0 heterocycles. The molecule has 0 spiro atoms. The molecule has 0 saturated heterocycles. The summed E-state index contributed by atoms with van der Waals surface area (Å²) in [5.41, 5.74) is 1.98. The van der Waals surface area contributed by atoms with E-state index >= 15 is 0 Å². The number of rotatable bonds is 7. The van der Waals surface area contributed by atoms with Gasteiger partial charge in [-0.25, -0.2) is 0 Å². The number of hydrogen-bond donors (Lipinski definition) is 2. The molecule has 3 aromatic rings. The van der Waals surface area contributed by atoms with Crippen LogP contribution in [0.2, 0.25) is 0 Å². The molecule has 2 atom stereocenters. The Kier molecular flexibility index (Phi) is 7.09. The van der Waals surface area contributed by atoms with E-state index in [1.54, 1.807) is 18.2 Å². The average molecular weight is 405 g/mol. The number of carbonyl (C=O) groups excluding carboxylic acids is 2. The van der Waals surface area contributed by atoms with Gasteiger partial charge in [-0.1, -0.05) is 60.7 Å². The molecular formula is C24H24N2O2S. The third-order valence-corrected chi connectivity index (χ3v) is 5.61. The van der Waals surface area contributed by atoms with Crippen LogP contribution in [0.15, 0.2) is 89.8 Å². The highest BCUT2D eigenvalue weighted by atomic mass is 32.2. The summed E-state index contributed by atoms with van der Waals surface area (Å²) in [5, 5.41) is 5.61. The van der Waals surface area contributed by atoms with E-state index in [2.05, 4.69) is 10.6 Å². The van der Waals surface area contributed by atoms with Gasteiger partial charge in [0.25, 0.3) is 5.91 Å². The number of nitrogens with one attached hydrogen (secondary N) is 2. The van der Waals surface area contributed by atoms with Crippen molar-refractivity contribution >= 4 is 29.3 Å². The maximum absolute atomic E-state index is 12.8. The molecule has 0 radical (unpaired) electrons. The Morgan fingerprint density at radius 3 is 2.07 bits per heavy atom. The van der Waals surface area contributed by atoms with Crippen molar-refractivity contribution in [2.75, 3.05) is 5.32 Å². The molecule has 29 heavy (non-hydrogen) atoms. The van der Waals surface area contributed by atoms with Gasteiger partial charge >= 0.3 is 0 Å². The molecular weight excluding hydrogens is 380 g/mol. The van der Waals surface area contributed by atoms with Crippen LogP contribution < -0.4 is 10.6 Å². The van der Waals surface area contributed by atoms with Crippen LogP contribution in [0.1, 0.15) is 35.8 Å². The minimum absolute atomic E-state index is 0.139. The Bertz CT molecular complexity index is 961. The first-order valence-corrected chi connectivity index (χ1v) is 10.4. The molecule has 2 N–H and O–H groups in total. The highest BCUT2D eigenvalue weighted by molar-refractivity contribution is 8.00. The molecule has 0 bridgehead atoms. The second-order valence-electron chi connectivity index (χ2n) is 6.71. The quantitative estimate of drug-likeness (QED) is 0.526. The maximum atomic E-state index is 12.8. The molecule has 148 valence electrons. The number of para-hydroxylation sites is 1. The molecule has 0 fully saturated rings. The normalized spacial score (nSPS) is 12.6. The lowest BCUT2D eigenvalue weighted by atomic mass is 10.1. The van der Waals surface area contributed by atoms with Crippen LogP contribution in [0.25, 0.3) is 0 Å². The van der Waals surface area contributed by atoms with E-state index in [9.17, 15) is 9.59 Å². The number of amides is 2. The number of anilines is 1. The van der Waals surface area contributed by atoms with Gasteiger partial charge in [-0.3, -0.25) is 9.59 Å². The number of benzene rings is 3. The van der Waals surface area contributed by atoms with E-state index in [0.29, 0.717) is 11.3 Å². The summed E-state index contributed by atoms with van der Waals surface area (Å²) in [4.78, 5) is 26.5. The molecule has 3 rings (SSSR count). The summed E-state index contributed by atoms with van der Waals surface area (Å²) in [6.45, 7) is 3.79. The van der Waals surface area contributed by atoms with Crippen molar-refractivity contribution in [3.05, 3.63) is 96.1 Å². The topological polar surface area (TPSA) is 58.2 Å². The van der Waals surface area contributed by atoms with Crippen LogP contribution in [-0.2, 0) is 4.79 Å². The smallest absolute Gasteiger partial charge is 0.253 e. The summed E-state index contributed by atoms with van der Waals surface area (Å²) < 4.78 is 0. The van der Waals surface area contributed by atoms with Crippen LogP contribution >= 0.6 is 11.8 Å². The van der Waals surface area contributed by atoms with E-state index in [4.69, 9.17) is 0 Å². The van der Waals surface area contributed by atoms with Crippen molar-refractivity contribution in [3.63, 3.8) is 0 Å². The van der Waals surface area contributed by atoms with Crippen molar-refractivity contribution in [2.24, 2.45) is 0 Å². The Morgan fingerprint density at radius 2 is 1.38 bits per heavy atom. The summed E-state index contributed by atoms with van der Waals surface area (Å²) in [6.07, 6.45) is 0. The van der Waals surface area contributed by atoms with Crippen molar-refractivity contribution < 1.29 is 9.59 Å². The van der Waals surface area contributed by atoms with Gasteiger partial charge in [0.05, 0.1) is 22.5 Å². The third kappa shape index (κ3) is 5.72. The van der Waals surface area contributed by atoms with Gasteiger partial charge in [-0.2, -0.15) is 0 Å². The number of hydrogen-bond acceptors (Lipinski definition) is 3. The van der Waals surface area contributed by atoms with E-state index in [1.165, 1.54) is 11.8 Å². The van der Waals surface area contributed by atoms with Gasteiger partial charge in [0.1, 0.15) is 0 Å². The molecule has 0 aliphatic rings. The van der Waals surface area contributed by atoms with Crippen LogP contribution in [0.5, 0.6) is 0 Å². The van der Waals surface area contributed by atoms with Gasteiger partial charge in [-0.15, -0.1) is 11.8 Å². The lowest BCUT2D eigenvalue weighted by Gasteiger charge is -2.17. The molecule has 5 heteroatoms. The second kappa shape index (κ2) is 9.94. The lowest BCUT2D eigenvalue weighted by Crippen LogP contribution is -2.29. The zero-order valence-corrected chi connectivity index (χ0v) is 17.3. The molecule has 0 aliphatic heterocycles. The van der Waals surface area contributed by atoms with Gasteiger partial charge in [0, 0.05) is 4.90 Å². The average Bonchev–Trinajstić information content (AvgIpc) is 2.75. The summed E-state index contributed by atoms with van der Waals surface area (Å²) >= 11 is 1.48. The first-order chi connectivity index (χ1) is 14.0. The molecule has 0 aliphatic carbocycles. The molecule has 4 nitrogen and oxygen atoms in total. The Hall–Kier alpha value is -3.05. The van der Waals surface area contributed by atoms with Crippen molar-refractivity contribution in [1.82, 2.24) is 5.32 Å². The molecule has 0 unspecified atom stereocenters. The van der Waals surface area contributed by atoms with Crippen LogP contribution in [-0.4, -0.2) is 17.1 Å². The minimum atomic E-state index is -0.295. The van der Waals surface area contributed by atoms with E-state index in [-0.39, 0.29) is 23.1 Å². The monoisotopic (exact) mass is 404 g/mol. The first kappa shape index (κ1) is 20.7. The largest absolute Gasteiger partial charge is 0.345 e. The van der Waals surface area contributed by atoms with E-state index < -0.39 is 0 Å². The summed E-state index contributed by atoms with van der Waals surface area (Å²) in [6, 6.07) is 26.5. The summed E-state index contributed by atoms with van der Waals surface area (Å²) in [7, 11) is 0. The number of thioether (sulfide) groups is 1. The fourth-order valence-electron chi connectivity index (χ4n) is 2.88. The summed E-state index contributed by atoms with van der Waals surface area (Å²) in [5.74, 6) is -0.365. The van der Waals surface area contributed by atoms with E-state index in [0.717, 1.165) is 10.5 Å². The highest BCUT2D eigenvalue weighted by Crippen LogP contribution is 2.25. The van der Waals surface area contributed by atoms with Crippen molar-refractivity contribution in [2.45, 2.75) is 30.0 Å². The molecule has 0 saturated carbocycles. The predicted octanol–water partition coefficient (Wildman–Crippen LogP) is 5.30. The Balaban J connectivity index is 1.68. The fraction of sp³-hybridized carbons (Fsp3) is 0.167. The van der Waals surface area contributed by atoms with Gasteiger partial charge in [0.15, 0.2) is 0 Å². The molecule has 3 aromatic carbocycles. The molecule has 2 amide bonds. The van der Waals surface area contributed by atoms with E-state index in [1.807, 2.05) is 80.6 Å². The van der Waals surface area contributed by atoms with Crippen LogP contribution in [0.3, 0.4) is 0 Å². The molecule has 0 aromatic heterocycles. The predicted molar refractivity (Wildman–Crippen MR) is 119 cm³/mol. The van der Waals surface area contributed by atoms with Gasteiger partial charge < -0.3 is 10.6 Å². The number of carbonyl (C=O) groups is 2. The third-order valence-electron chi connectivity index (χ3n) is 4.50. The Labute approximate surface area is 175 Å². The maximum Gasteiger partial charge on any atom is 0.253 e. The SMILES string of the molecule is C[C@H](Sc1ccccc1)C(=O)Nc1ccccc1C(=O)N[C@H](C)c1ccccc1. The van der Waals surface area contributed by atoms with Gasteiger partial charge in [-0.05, 0) is 43.7 Å². The minimum Gasteiger partial charge on any atom is -0.345 e. The second-order valence-corrected chi connectivity index (χ2v) is 8.13. The standard InChI is InChI=1S/C24H24N2O2S/c1-17(19-11-5-3-6-12-19)25-24(28)21-15-9-10-16-22(21)26-23(27)18(2)29-20-13-7-4-8-14-20/h3-18H,1-2H3,(H,25,28)(H,26,27)/t17-,18+/m1/s1. The van der Waals surface area contributed by atoms with Crippen LogP contribution in [0.4, 0.5) is 5.69 Å². The zero-order valence-electron chi connectivity index (χ0n) is 16.5. The Morgan fingerprint density at radius 1 is 0.793 bits per heavy atom. The van der Waals surface area contributed by atoms with Gasteiger partial charge in [0.2, 0.25) is 5.91 Å². The van der Waals surface area contributed by atoms with Crippen molar-refractivity contribution in [3.8, 4) is 0 Å².